The molecule has 1 aromatic carbocycles. The summed E-state index contributed by atoms with van der Waals surface area (Å²) in [7, 11) is 1.37. The number of H-pyrrole nitrogens is 1. The number of aromatic nitrogens is 4. The first-order valence-electron chi connectivity index (χ1n) is 8.67. The molecule has 0 unspecified atom stereocenters. The molecule has 146 valence electrons. The Labute approximate surface area is 167 Å². The number of methoxy groups -OCH3 is 1. The fourth-order valence-corrected chi connectivity index (χ4v) is 2.83. The lowest BCUT2D eigenvalue weighted by molar-refractivity contribution is -0.152. The molecule has 0 aliphatic heterocycles. The third kappa shape index (κ3) is 4.51. The summed E-state index contributed by atoms with van der Waals surface area (Å²) in [6, 6.07) is 11.7. The van der Waals surface area contributed by atoms with Crippen molar-refractivity contribution in [3.63, 3.8) is 0 Å². The van der Waals surface area contributed by atoms with Crippen LogP contribution >= 0.6 is 11.8 Å². The third-order valence-corrected chi connectivity index (χ3v) is 4.74. The topological polar surface area (TPSA) is 90.0 Å². The number of hydrogen-bond acceptors (Lipinski definition) is 7. The van der Waals surface area contributed by atoms with Gasteiger partial charge in [-0.2, -0.15) is 0 Å². The summed E-state index contributed by atoms with van der Waals surface area (Å²) in [5.41, 5.74) is 2.23. The average Bonchev–Trinajstić information content (AvgIpc) is 3.21. The summed E-state index contributed by atoms with van der Waals surface area (Å²) >= 11 is 1.49. The van der Waals surface area contributed by atoms with Crippen molar-refractivity contribution in [2.24, 2.45) is 5.41 Å². The maximum Gasteiger partial charge on any atom is 0.314 e. The highest BCUT2D eigenvalue weighted by atomic mass is 32.2. The van der Waals surface area contributed by atoms with E-state index in [9.17, 15) is 4.79 Å². The first kappa shape index (κ1) is 19.9. The van der Waals surface area contributed by atoms with Crippen LogP contribution in [-0.4, -0.2) is 46.1 Å². The first-order valence-corrected chi connectivity index (χ1v) is 9.90. The van der Waals surface area contributed by atoms with Crippen molar-refractivity contribution in [2.45, 2.75) is 19.0 Å². The highest BCUT2D eigenvalue weighted by molar-refractivity contribution is 7.98. The second kappa shape index (κ2) is 8.43. The van der Waals surface area contributed by atoms with E-state index >= 15 is 0 Å². The number of carbonyl (C=O) groups is 1. The van der Waals surface area contributed by atoms with Gasteiger partial charge in [0.15, 0.2) is 5.82 Å². The van der Waals surface area contributed by atoms with Gasteiger partial charge in [-0.1, -0.05) is 36.0 Å². The van der Waals surface area contributed by atoms with Crippen LogP contribution in [0.5, 0.6) is 5.88 Å². The number of nitrogens with one attached hydrogen (secondary N) is 1. The van der Waals surface area contributed by atoms with Crippen LogP contribution < -0.4 is 4.74 Å². The smallest absolute Gasteiger partial charge is 0.314 e. The van der Waals surface area contributed by atoms with Gasteiger partial charge in [0.1, 0.15) is 6.61 Å². The number of nitrogens with zero attached hydrogens (tertiary/aromatic N) is 3. The number of benzene rings is 1. The number of ether oxygens (including phenoxy) is 2. The Morgan fingerprint density at radius 3 is 2.36 bits per heavy atom. The van der Waals surface area contributed by atoms with Crippen molar-refractivity contribution in [1.82, 2.24) is 20.2 Å². The van der Waals surface area contributed by atoms with Gasteiger partial charge in [0.05, 0.1) is 12.5 Å². The third-order valence-electron chi connectivity index (χ3n) is 4.19. The minimum Gasteiger partial charge on any atom is -0.476 e. The van der Waals surface area contributed by atoms with Crippen LogP contribution in [0.15, 0.2) is 47.8 Å². The maximum absolute atomic E-state index is 11.7. The Bertz CT molecular complexity index is 937. The van der Waals surface area contributed by atoms with Crippen molar-refractivity contribution in [1.29, 1.82) is 0 Å². The summed E-state index contributed by atoms with van der Waals surface area (Å²) in [6.45, 7) is 3.73. The monoisotopic (exact) mass is 398 g/mol. The molecule has 0 amide bonds. The predicted octanol–water partition coefficient (Wildman–Crippen LogP) is 3.83. The van der Waals surface area contributed by atoms with Crippen molar-refractivity contribution in [2.75, 3.05) is 20.0 Å². The standard InChI is InChI=1S/C20H22N4O3S/c1-20(2,18(25)26-3)12-27-16-10-9-15(11-21-16)13-5-7-14(8-6-13)17-22-19(28-4)24-23-17/h5-11H,12H2,1-4H3,(H,22,23,24). The molecule has 0 aliphatic carbocycles. The molecule has 28 heavy (non-hydrogen) atoms. The van der Waals surface area contributed by atoms with Crippen molar-refractivity contribution in [3.8, 4) is 28.4 Å². The fourth-order valence-electron chi connectivity index (χ4n) is 2.51. The highest BCUT2D eigenvalue weighted by Gasteiger charge is 2.29. The van der Waals surface area contributed by atoms with Crippen LogP contribution in [0.4, 0.5) is 0 Å². The second-order valence-corrected chi connectivity index (χ2v) is 7.57. The SMILES string of the molecule is COC(=O)C(C)(C)COc1ccc(-c2ccc(-c3nc(SC)n[nH]3)cc2)cn1. The lowest BCUT2D eigenvalue weighted by Crippen LogP contribution is -2.32. The van der Waals surface area contributed by atoms with Gasteiger partial charge in [-0.05, 0) is 31.7 Å². The molecule has 8 heteroatoms. The number of pyridine rings is 1. The summed E-state index contributed by atoms with van der Waals surface area (Å²) in [5, 5.41) is 7.78. The normalized spacial score (nSPS) is 11.3. The summed E-state index contributed by atoms with van der Waals surface area (Å²) in [6.07, 6.45) is 3.68. The molecule has 2 aromatic heterocycles. The van der Waals surface area contributed by atoms with Gasteiger partial charge in [0.25, 0.3) is 0 Å². The summed E-state index contributed by atoms with van der Waals surface area (Å²) in [5.74, 6) is 0.884. The van der Waals surface area contributed by atoms with Crippen molar-refractivity contribution >= 4 is 17.7 Å². The second-order valence-electron chi connectivity index (χ2n) is 6.80. The van der Waals surface area contributed by atoms with E-state index in [1.807, 2.05) is 36.6 Å². The van der Waals surface area contributed by atoms with Gasteiger partial charge in [-0.3, -0.25) is 9.89 Å². The lowest BCUT2D eigenvalue weighted by Gasteiger charge is -2.21. The molecule has 1 N–H and O–H groups in total. The lowest BCUT2D eigenvalue weighted by atomic mass is 9.95. The average molecular weight is 398 g/mol. The molecule has 3 aromatic rings. The molecule has 0 fully saturated rings. The van der Waals surface area contributed by atoms with Gasteiger partial charge in [-0.25, -0.2) is 9.97 Å². The van der Waals surface area contributed by atoms with Crippen LogP contribution in [0.3, 0.4) is 0 Å². The molecule has 0 bridgehead atoms. The molecule has 0 spiro atoms. The zero-order valence-electron chi connectivity index (χ0n) is 16.2. The van der Waals surface area contributed by atoms with E-state index in [1.54, 1.807) is 26.1 Å². The Morgan fingerprint density at radius 2 is 1.79 bits per heavy atom. The fraction of sp³-hybridized carbons (Fsp3) is 0.300. The number of esters is 1. The number of carbonyl (C=O) groups excluding carboxylic acids is 1. The number of rotatable bonds is 7. The Balaban J connectivity index is 1.67. The summed E-state index contributed by atoms with van der Waals surface area (Å²) in [4.78, 5) is 20.4. The number of thioether (sulfide) groups is 1. The zero-order chi connectivity index (χ0) is 20.1. The minimum atomic E-state index is -0.734. The largest absolute Gasteiger partial charge is 0.476 e. The quantitative estimate of drug-likeness (QED) is 0.478. The Kier molecular flexibility index (Phi) is 5.99. The Hall–Kier alpha value is -2.87. The van der Waals surface area contributed by atoms with E-state index in [0.29, 0.717) is 11.0 Å². The minimum absolute atomic E-state index is 0.190. The molecule has 0 radical (unpaired) electrons. The van der Waals surface area contributed by atoms with Crippen molar-refractivity contribution in [3.05, 3.63) is 42.6 Å². The maximum atomic E-state index is 11.7. The van der Waals surface area contributed by atoms with Crippen LogP contribution in [0, 0.1) is 5.41 Å². The molecule has 2 heterocycles. The molecule has 0 atom stereocenters. The predicted molar refractivity (Wildman–Crippen MR) is 108 cm³/mol. The highest BCUT2D eigenvalue weighted by Crippen LogP contribution is 2.25. The van der Waals surface area contributed by atoms with E-state index in [0.717, 1.165) is 22.5 Å². The molecular formula is C20H22N4O3S. The molecule has 3 rings (SSSR count). The molecule has 0 saturated carbocycles. The van der Waals surface area contributed by atoms with Gasteiger partial charge in [-0.15, -0.1) is 5.10 Å². The van der Waals surface area contributed by atoms with E-state index in [1.165, 1.54) is 18.9 Å². The molecule has 0 aliphatic rings. The van der Waals surface area contributed by atoms with Crippen LogP contribution in [0.1, 0.15) is 13.8 Å². The summed E-state index contributed by atoms with van der Waals surface area (Å²) < 4.78 is 10.4. The van der Waals surface area contributed by atoms with Crippen molar-refractivity contribution < 1.29 is 14.3 Å². The first-order chi connectivity index (χ1) is 13.4. The molecule has 7 nitrogen and oxygen atoms in total. The van der Waals surface area contributed by atoms with Crippen LogP contribution in [-0.2, 0) is 9.53 Å². The van der Waals surface area contributed by atoms with Crippen LogP contribution in [0.25, 0.3) is 22.5 Å². The zero-order valence-corrected chi connectivity index (χ0v) is 17.0. The van der Waals surface area contributed by atoms with E-state index in [4.69, 9.17) is 9.47 Å². The van der Waals surface area contributed by atoms with E-state index in [2.05, 4.69) is 20.2 Å². The van der Waals surface area contributed by atoms with Crippen LogP contribution in [0.2, 0.25) is 0 Å². The number of aromatic amines is 1. The Morgan fingerprint density at radius 1 is 1.11 bits per heavy atom. The van der Waals surface area contributed by atoms with Gasteiger partial charge >= 0.3 is 5.97 Å². The molecule has 0 saturated heterocycles. The molecular weight excluding hydrogens is 376 g/mol. The number of hydrogen-bond donors (Lipinski definition) is 1. The van der Waals surface area contributed by atoms with Gasteiger partial charge in [0, 0.05) is 23.4 Å². The van der Waals surface area contributed by atoms with Gasteiger partial charge < -0.3 is 9.47 Å². The van der Waals surface area contributed by atoms with E-state index in [-0.39, 0.29) is 12.6 Å². The van der Waals surface area contributed by atoms with E-state index < -0.39 is 5.41 Å². The van der Waals surface area contributed by atoms with Gasteiger partial charge in [0.2, 0.25) is 11.0 Å².